The molecule has 0 unspecified atom stereocenters. The van der Waals surface area contributed by atoms with Crippen molar-refractivity contribution >= 4 is 11.7 Å². The van der Waals surface area contributed by atoms with Crippen LogP contribution < -0.4 is 16.4 Å². The van der Waals surface area contributed by atoms with E-state index in [0.717, 1.165) is 5.69 Å². The fourth-order valence-corrected chi connectivity index (χ4v) is 1.05. The van der Waals surface area contributed by atoms with E-state index in [9.17, 15) is 4.79 Å². The van der Waals surface area contributed by atoms with E-state index in [-0.39, 0.29) is 5.91 Å². The van der Waals surface area contributed by atoms with Crippen LogP contribution in [0.5, 0.6) is 0 Å². The van der Waals surface area contributed by atoms with Crippen molar-refractivity contribution < 1.29 is 4.79 Å². The quantitative estimate of drug-likeness (QED) is 0.557. The summed E-state index contributed by atoms with van der Waals surface area (Å²) in [7, 11) is 0. The molecule has 0 aliphatic carbocycles. The third-order valence-corrected chi connectivity index (χ3v) is 1.73. The Bertz CT molecular complexity index is 328. The number of nitrogens with zero attached hydrogens (tertiary/aromatic N) is 2. The van der Waals surface area contributed by atoms with Gasteiger partial charge in [-0.3, -0.25) is 4.79 Å². The van der Waals surface area contributed by atoms with E-state index in [2.05, 4.69) is 20.6 Å². The Hall–Kier alpha value is -1.69. The number of hydrogen-bond donors (Lipinski definition) is 3. The second-order valence-electron chi connectivity index (χ2n) is 3.09. The van der Waals surface area contributed by atoms with Gasteiger partial charge in [-0.15, -0.1) is 0 Å². The zero-order valence-electron chi connectivity index (χ0n) is 8.66. The van der Waals surface area contributed by atoms with Crippen LogP contribution in [0.15, 0.2) is 12.4 Å². The minimum Gasteiger partial charge on any atom is -0.384 e. The van der Waals surface area contributed by atoms with Crippen LogP contribution in [0.3, 0.4) is 0 Å². The van der Waals surface area contributed by atoms with Gasteiger partial charge in [0, 0.05) is 32.6 Å². The van der Waals surface area contributed by atoms with Gasteiger partial charge < -0.3 is 16.4 Å². The predicted octanol–water partition coefficient (Wildman–Crippen LogP) is -0.715. The maximum absolute atomic E-state index is 10.5. The standard InChI is InChI=1S/C9H15N5O/c1-7(15)12-3-2-11-5-8-4-9(10)14-6-13-8/h4,6,11H,2-3,5H2,1H3,(H,12,15)(H2,10,13,14). The van der Waals surface area contributed by atoms with Gasteiger partial charge >= 0.3 is 0 Å². The van der Waals surface area contributed by atoms with Crippen LogP contribution in [-0.4, -0.2) is 29.0 Å². The molecule has 0 aliphatic heterocycles. The van der Waals surface area contributed by atoms with Crippen molar-refractivity contribution in [2.75, 3.05) is 18.8 Å². The van der Waals surface area contributed by atoms with Crippen molar-refractivity contribution in [3.05, 3.63) is 18.1 Å². The number of hydrogen-bond acceptors (Lipinski definition) is 5. The van der Waals surface area contributed by atoms with Crippen LogP contribution in [0.25, 0.3) is 0 Å². The lowest BCUT2D eigenvalue weighted by Gasteiger charge is -2.04. The second-order valence-corrected chi connectivity index (χ2v) is 3.09. The van der Waals surface area contributed by atoms with E-state index in [1.807, 2.05) is 0 Å². The molecule has 0 spiro atoms. The van der Waals surface area contributed by atoms with E-state index in [1.54, 1.807) is 6.07 Å². The van der Waals surface area contributed by atoms with E-state index in [1.165, 1.54) is 13.3 Å². The fourth-order valence-electron chi connectivity index (χ4n) is 1.05. The Morgan fingerprint density at radius 1 is 1.47 bits per heavy atom. The van der Waals surface area contributed by atoms with Gasteiger partial charge in [-0.2, -0.15) is 0 Å². The first-order chi connectivity index (χ1) is 7.18. The number of anilines is 1. The molecule has 4 N–H and O–H groups in total. The molecule has 15 heavy (non-hydrogen) atoms. The molecule has 0 bridgehead atoms. The molecule has 1 aromatic heterocycles. The van der Waals surface area contributed by atoms with Gasteiger partial charge in [-0.25, -0.2) is 9.97 Å². The van der Waals surface area contributed by atoms with Crippen LogP contribution >= 0.6 is 0 Å². The molecule has 6 heteroatoms. The Morgan fingerprint density at radius 2 is 2.27 bits per heavy atom. The maximum atomic E-state index is 10.5. The van der Waals surface area contributed by atoms with Crippen LogP contribution in [0.1, 0.15) is 12.6 Å². The summed E-state index contributed by atoms with van der Waals surface area (Å²) >= 11 is 0. The van der Waals surface area contributed by atoms with E-state index < -0.39 is 0 Å². The lowest BCUT2D eigenvalue weighted by atomic mass is 10.4. The Labute approximate surface area is 88.3 Å². The molecule has 0 atom stereocenters. The summed E-state index contributed by atoms with van der Waals surface area (Å²) in [6, 6.07) is 1.71. The Morgan fingerprint density at radius 3 is 2.93 bits per heavy atom. The smallest absolute Gasteiger partial charge is 0.216 e. The number of nitrogens with one attached hydrogen (secondary N) is 2. The highest BCUT2D eigenvalue weighted by atomic mass is 16.1. The van der Waals surface area contributed by atoms with E-state index >= 15 is 0 Å². The topological polar surface area (TPSA) is 92.9 Å². The molecule has 0 fully saturated rings. The van der Waals surface area contributed by atoms with E-state index in [4.69, 9.17) is 5.73 Å². The number of nitrogen functional groups attached to an aromatic ring is 1. The van der Waals surface area contributed by atoms with Crippen molar-refractivity contribution in [2.45, 2.75) is 13.5 Å². The largest absolute Gasteiger partial charge is 0.384 e. The molecule has 0 aromatic carbocycles. The lowest BCUT2D eigenvalue weighted by molar-refractivity contribution is -0.118. The first-order valence-corrected chi connectivity index (χ1v) is 4.70. The zero-order chi connectivity index (χ0) is 11.1. The summed E-state index contributed by atoms with van der Waals surface area (Å²) in [6.45, 7) is 3.41. The zero-order valence-corrected chi connectivity index (χ0v) is 8.66. The third-order valence-electron chi connectivity index (χ3n) is 1.73. The SMILES string of the molecule is CC(=O)NCCNCc1cc(N)ncn1. The minimum absolute atomic E-state index is 0.0249. The number of nitrogens with two attached hydrogens (primary N) is 1. The normalized spacial score (nSPS) is 9.93. The van der Waals surface area contributed by atoms with E-state index in [0.29, 0.717) is 25.5 Å². The third kappa shape index (κ3) is 4.92. The summed E-state index contributed by atoms with van der Waals surface area (Å²) in [4.78, 5) is 18.4. The van der Waals surface area contributed by atoms with Gasteiger partial charge in [0.1, 0.15) is 12.1 Å². The van der Waals surface area contributed by atoms with Crippen LogP contribution in [-0.2, 0) is 11.3 Å². The summed E-state index contributed by atoms with van der Waals surface area (Å²) < 4.78 is 0. The van der Waals surface area contributed by atoms with Crippen molar-refractivity contribution in [3.8, 4) is 0 Å². The Balaban J connectivity index is 2.17. The van der Waals surface area contributed by atoms with Gasteiger partial charge in [-0.1, -0.05) is 0 Å². The second kappa shape index (κ2) is 5.92. The molecule has 82 valence electrons. The van der Waals surface area contributed by atoms with Gasteiger partial charge in [0.25, 0.3) is 0 Å². The number of amides is 1. The number of carbonyl (C=O) groups excluding carboxylic acids is 1. The average Bonchev–Trinajstić information content (AvgIpc) is 2.17. The molecule has 1 heterocycles. The average molecular weight is 209 g/mol. The fraction of sp³-hybridized carbons (Fsp3) is 0.444. The summed E-state index contributed by atoms with van der Waals surface area (Å²) in [6.07, 6.45) is 1.43. The molecule has 0 radical (unpaired) electrons. The van der Waals surface area contributed by atoms with Crippen LogP contribution in [0.2, 0.25) is 0 Å². The highest BCUT2D eigenvalue weighted by molar-refractivity contribution is 5.72. The van der Waals surface area contributed by atoms with Crippen molar-refractivity contribution in [1.29, 1.82) is 0 Å². The molecule has 1 amide bonds. The van der Waals surface area contributed by atoms with Gasteiger partial charge in [0.2, 0.25) is 5.91 Å². The number of aromatic nitrogens is 2. The molecule has 1 rings (SSSR count). The molecule has 0 saturated heterocycles. The monoisotopic (exact) mass is 209 g/mol. The van der Waals surface area contributed by atoms with Gasteiger partial charge in [0.15, 0.2) is 0 Å². The highest BCUT2D eigenvalue weighted by Crippen LogP contribution is 1.97. The molecule has 6 nitrogen and oxygen atoms in total. The van der Waals surface area contributed by atoms with Gasteiger partial charge in [-0.05, 0) is 0 Å². The number of rotatable bonds is 5. The highest BCUT2D eigenvalue weighted by Gasteiger charge is 1.95. The molecular weight excluding hydrogens is 194 g/mol. The maximum Gasteiger partial charge on any atom is 0.216 e. The minimum atomic E-state index is -0.0249. The van der Waals surface area contributed by atoms with Gasteiger partial charge in [0.05, 0.1) is 5.69 Å². The molecule has 0 aliphatic rings. The molecule has 1 aromatic rings. The first kappa shape index (κ1) is 11.4. The van der Waals surface area contributed by atoms with Crippen LogP contribution in [0.4, 0.5) is 5.82 Å². The predicted molar refractivity (Wildman–Crippen MR) is 56.8 cm³/mol. The summed E-state index contributed by atoms with van der Waals surface area (Å²) in [5, 5.41) is 5.81. The van der Waals surface area contributed by atoms with Crippen molar-refractivity contribution in [2.24, 2.45) is 0 Å². The van der Waals surface area contributed by atoms with Crippen LogP contribution in [0, 0.1) is 0 Å². The summed E-state index contributed by atoms with van der Waals surface area (Å²) in [5.74, 6) is 0.437. The Kier molecular flexibility index (Phi) is 4.49. The molecule has 0 saturated carbocycles. The number of carbonyl (C=O) groups is 1. The summed E-state index contributed by atoms with van der Waals surface area (Å²) in [5.41, 5.74) is 6.33. The molecular formula is C9H15N5O. The first-order valence-electron chi connectivity index (χ1n) is 4.70. The van der Waals surface area contributed by atoms with Crippen molar-refractivity contribution in [3.63, 3.8) is 0 Å². The van der Waals surface area contributed by atoms with Crippen molar-refractivity contribution in [1.82, 2.24) is 20.6 Å². The lowest BCUT2D eigenvalue weighted by Crippen LogP contribution is -2.30.